The van der Waals surface area contributed by atoms with Crippen LogP contribution in [0.4, 0.5) is 0 Å². The fourth-order valence-electron chi connectivity index (χ4n) is 2.43. The van der Waals surface area contributed by atoms with Crippen LogP contribution in [0.2, 0.25) is 0 Å². The molecule has 1 N–H and O–H groups in total. The summed E-state index contributed by atoms with van der Waals surface area (Å²) in [6.45, 7) is 6.46. The molecular formula is C14H24N2O. The van der Waals surface area contributed by atoms with E-state index in [-0.39, 0.29) is 0 Å². The Morgan fingerprint density at radius 3 is 2.88 bits per heavy atom. The molecule has 1 aliphatic rings. The molecule has 0 atom stereocenters. The summed E-state index contributed by atoms with van der Waals surface area (Å²) in [6, 6.07) is 0. The van der Waals surface area contributed by atoms with Gasteiger partial charge in [-0.2, -0.15) is 0 Å². The van der Waals surface area contributed by atoms with Crippen LogP contribution in [0.15, 0.2) is 10.6 Å². The third kappa shape index (κ3) is 3.84. The van der Waals surface area contributed by atoms with E-state index in [9.17, 15) is 0 Å². The van der Waals surface area contributed by atoms with E-state index >= 15 is 0 Å². The Bertz CT molecular complexity index is 327. The summed E-state index contributed by atoms with van der Waals surface area (Å²) in [4.78, 5) is 4.37. The van der Waals surface area contributed by atoms with Crippen LogP contribution in [0, 0.1) is 5.92 Å². The van der Waals surface area contributed by atoms with Crippen molar-refractivity contribution in [1.82, 2.24) is 10.3 Å². The van der Waals surface area contributed by atoms with E-state index in [1.165, 1.54) is 25.7 Å². The maximum absolute atomic E-state index is 5.82. The van der Waals surface area contributed by atoms with Crippen molar-refractivity contribution in [3.05, 3.63) is 17.8 Å². The van der Waals surface area contributed by atoms with Crippen LogP contribution in [0.5, 0.6) is 0 Å². The highest BCUT2D eigenvalue weighted by Gasteiger charge is 2.20. The van der Waals surface area contributed by atoms with Gasteiger partial charge in [-0.05, 0) is 25.3 Å². The second kappa shape index (κ2) is 6.20. The largest absolute Gasteiger partial charge is 0.445 e. The van der Waals surface area contributed by atoms with Gasteiger partial charge in [0.05, 0.1) is 6.20 Å². The van der Waals surface area contributed by atoms with Crippen LogP contribution in [-0.2, 0) is 6.42 Å². The number of oxazole rings is 1. The van der Waals surface area contributed by atoms with Crippen molar-refractivity contribution >= 4 is 0 Å². The lowest BCUT2D eigenvalue weighted by Gasteiger charge is -2.05. The predicted octanol–water partition coefficient (Wildman–Crippen LogP) is 3.12. The molecule has 17 heavy (non-hydrogen) atoms. The SMILES string of the molecule is CC(C)CNCCc1ncc(C2CCCC2)o1. The summed E-state index contributed by atoms with van der Waals surface area (Å²) >= 11 is 0. The van der Waals surface area contributed by atoms with E-state index in [4.69, 9.17) is 4.42 Å². The third-order valence-electron chi connectivity index (χ3n) is 3.40. The Hall–Kier alpha value is -0.830. The first kappa shape index (κ1) is 12.6. The molecule has 1 aromatic heterocycles. The molecule has 96 valence electrons. The number of nitrogens with one attached hydrogen (secondary N) is 1. The average molecular weight is 236 g/mol. The smallest absolute Gasteiger partial charge is 0.195 e. The molecule has 0 amide bonds. The summed E-state index contributed by atoms with van der Waals surface area (Å²) in [6.07, 6.45) is 8.08. The Labute approximate surface area is 104 Å². The van der Waals surface area contributed by atoms with Crippen molar-refractivity contribution in [3.63, 3.8) is 0 Å². The first-order valence-corrected chi connectivity index (χ1v) is 6.91. The van der Waals surface area contributed by atoms with Gasteiger partial charge < -0.3 is 9.73 Å². The van der Waals surface area contributed by atoms with E-state index in [2.05, 4.69) is 24.1 Å². The standard InChI is InChI=1S/C14H24N2O/c1-11(2)9-15-8-7-14-16-10-13(17-14)12-5-3-4-6-12/h10-12,15H,3-9H2,1-2H3. The van der Waals surface area contributed by atoms with Crippen LogP contribution < -0.4 is 5.32 Å². The molecule has 0 aromatic carbocycles. The van der Waals surface area contributed by atoms with Crippen molar-refractivity contribution in [2.75, 3.05) is 13.1 Å². The number of hydrogen-bond acceptors (Lipinski definition) is 3. The number of aromatic nitrogens is 1. The lowest BCUT2D eigenvalue weighted by Crippen LogP contribution is -2.22. The van der Waals surface area contributed by atoms with Gasteiger partial charge in [-0.25, -0.2) is 4.98 Å². The molecule has 3 nitrogen and oxygen atoms in total. The number of rotatable bonds is 6. The highest BCUT2D eigenvalue weighted by Crippen LogP contribution is 2.34. The van der Waals surface area contributed by atoms with Gasteiger partial charge in [0, 0.05) is 18.9 Å². The molecule has 0 saturated heterocycles. The van der Waals surface area contributed by atoms with Crippen molar-refractivity contribution < 1.29 is 4.42 Å². The highest BCUT2D eigenvalue weighted by atomic mass is 16.4. The minimum atomic E-state index is 0.639. The second-order valence-corrected chi connectivity index (χ2v) is 5.49. The zero-order valence-electron chi connectivity index (χ0n) is 11.0. The molecule has 1 aliphatic carbocycles. The molecule has 0 bridgehead atoms. The number of hydrogen-bond donors (Lipinski definition) is 1. The van der Waals surface area contributed by atoms with Gasteiger partial charge in [-0.3, -0.25) is 0 Å². The Balaban J connectivity index is 1.74. The van der Waals surface area contributed by atoms with Crippen LogP contribution in [0.1, 0.15) is 57.1 Å². The third-order valence-corrected chi connectivity index (χ3v) is 3.40. The van der Waals surface area contributed by atoms with Gasteiger partial charge in [-0.1, -0.05) is 26.7 Å². The lowest BCUT2D eigenvalue weighted by atomic mass is 10.1. The molecular weight excluding hydrogens is 212 g/mol. The van der Waals surface area contributed by atoms with Crippen LogP contribution in [-0.4, -0.2) is 18.1 Å². The van der Waals surface area contributed by atoms with Crippen LogP contribution in [0.3, 0.4) is 0 Å². The average Bonchev–Trinajstić information content (AvgIpc) is 2.94. The summed E-state index contributed by atoms with van der Waals surface area (Å²) in [5, 5.41) is 3.41. The number of nitrogens with zero attached hydrogens (tertiary/aromatic N) is 1. The monoisotopic (exact) mass is 236 g/mol. The molecule has 1 fully saturated rings. The van der Waals surface area contributed by atoms with Crippen molar-refractivity contribution in [3.8, 4) is 0 Å². The molecule has 1 aromatic rings. The van der Waals surface area contributed by atoms with Crippen molar-refractivity contribution in [1.29, 1.82) is 0 Å². The summed E-state index contributed by atoms with van der Waals surface area (Å²) in [7, 11) is 0. The maximum atomic E-state index is 5.82. The normalized spacial score (nSPS) is 17.1. The first-order chi connectivity index (χ1) is 8.25. The van der Waals surface area contributed by atoms with E-state index in [1.807, 2.05) is 6.20 Å². The zero-order chi connectivity index (χ0) is 12.1. The van der Waals surface area contributed by atoms with E-state index in [1.54, 1.807) is 0 Å². The molecule has 0 unspecified atom stereocenters. The summed E-state index contributed by atoms with van der Waals surface area (Å²) in [5.41, 5.74) is 0. The zero-order valence-corrected chi connectivity index (χ0v) is 11.0. The Morgan fingerprint density at radius 2 is 2.18 bits per heavy atom. The van der Waals surface area contributed by atoms with Gasteiger partial charge in [0.2, 0.25) is 0 Å². The van der Waals surface area contributed by atoms with E-state index < -0.39 is 0 Å². The Kier molecular flexibility index (Phi) is 4.60. The summed E-state index contributed by atoms with van der Waals surface area (Å²) in [5.74, 6) is 3.35. The van der Waals surface area contributed by atoms with Crippen LogP contribution >= 0.6 is 0 Å². The van der Waals surface area contributed by atoms with Crippen molar-refractivity contribution in [2.24, 2.45) is 5.92 Å². The topological polar surface area (TPSA) is 38.1 Å². The van der Waals surface area contributed by atoms with Gasteiger partial charge in [0.15, 0.2) is 5.89 Å². The minimum Gasteiger partial charge on any atom is -0.445 e. The summed E-state index contributed by atoms with van der Waals surface area (Å²) < 4.78 is 5.82. The van der Waals surface area contributed by atoms with E-state index in [0.29, 0.717) is 11.8 Å². The molecule has 1 saturated carbocycles. The molecule has 1 heterocycles. The lowest BCUT2D eigenvalue weighted by molar-refractivity contribution is 0.417. The molecule has 2 rings (SSSR count). The van der Waals surface area contributed by atoms with Gasteiger partial charge in [0.25, 0.3) is 0 Å². The van der Waals surface area contributed by atoms with E-state index in [0.717, 1.165) is 31.2 Å². The predicted molar refractivity (Wildman–Crippen MR) is 69.1 cm³/mol. The second-order valence-electron chi connectivity index (χ2n) is 5.49. The quantitative estimate of drug-likeness (QED) is 0.771. The van der Waals surface area contributed by atoms with Gasteiger partial charge >= 0.3 is 0 Å². The first-order valence-electron chi connectivity index (χ1n) is 6.91. The highest BCUT2D eigenvalue weighted by molar-refractivity contribution is 5.03. The fraction of sp³-hybridized carbons (Fsp3) is 0.786. The molecule has 0 aliphatic heterocycles. The van der Waals surface area contributed by atoms with Gasteiger partial charge in [-0.15, -0.1) is 0 Å². The minimum absolute atomic E-state index is 0.639. The maximum Gasteiger partial charge on any atom is 0.195 e. The Morgan fingerprint density at radius 1 is 1.41 bits per heavy atom. The van der Waals surface area contributed by atoms with Gasteiger partial charge in [0.1, 0.15) is 5.76 Å². The molecule has 3 heteroatoms. The van der Waals surface area contributed by atoms with Crippen LogP contribution in [0.25, 0.3) is 0 Å². The fourth-order valence-corrected chi connectivity index (χ4v) is 2.43. The molecule has 0 radical (unpaired) electrons. The molecule has 0 spiro atoms. The van der Waals surface area contributed by atoms with Crippen molar-refractivity contribution in [2.45, 2.75) is 51.9 Å².